The SMILES string of the molecule is CCCCCCCCCCCCCCCCNC(=O)NC12CC(COP(OCCC#N)N(C(C)C)C(C)C)(C1)C2. The lowest BCUT2D eigenvalue weighted by atomic mass is 9.40. The fourth-order valence-corrected chi connectivity index (χ4v) is 8.32. The minimum absolute atomic E-state index is 0.0169. The predicted octanol–water partition coefficient (Wildman–Crippen LogP) is 8.98. The summed E-state index contributed by atoms with van der Waals surface area (Å²) < 4.78 is 14.7. The van der Waals surface area contributed by atoms with Crippen LogP contribution in [0.25, 0.3) is 0 Å². The summed E-state index contributed by atoms with van der Waals surface area (Å²) in [4.78, 5) is 12.5. The zero-order valence-corrected chi connectivity index (χ0v) is 27.5. The molecule has 7 nitrogen and oxygen atoms in total. The van der Waals surface area contributed by atoms with Crippen LogP contribution in [0.1, 0.15) is 150 Å². The van der Waals surface area contributed by atoms with Gasteiger partial charge in [0.2, 0.25) is 0 Å². The molecule has 0 aromatic rings. The molecule has 232 valence electrons. The third-order valence-electron chi connectivity index (χ3n) is 8.48. The van der Waals surface area contributed by atoms with Crippen molar-refractivity contribution >= 4 is 14.6 Å². The zero-order chi connectivity index (χ0) is 29.3. The van der Waals surface area contributed by atoms with Gasteiger partial charge in [0.15, 0.2) is 0 Å². The van der Waals surface area contributed by atoms with Crippen molar-refractivity contribution in [2.24, 2.45) is 5.41 Å². The van der Waals surface area contributed by atoms with E-state index in [1.807, 2.05) is 0 Å². The third-order valence-corrected chi connectivity index (χ3v) is 10.5. The van der Waals surface area contributed by atoms with Gasteiger partial charge in [0.05, 0.1) is 25.7 Å². The molecule has 1 atom stereocenters. The summed E-state index contributed by atoms with van der Waals surface area (Å²) >= 11 is 0. The number of nitrogens with zero attached hydrogens (tertiary/aromatic N) is 2. The van der Waals surface area contributed by atoms with E-state index < -0.39 is 8.53 Å². The second-order valence-electron chi connectivity index (χ2n) is 13.1. The number of nitriles is 1. The number of carbonyl (C=O) groups excluding carboxylic acids is 1. The van der Waals surface area contributed by atoms with Crippen molar-refractivity contribution in [3.63, 3.8) is 0 Å². The minimum atomic E-state index is -1.20. The van der Waals surface area contributed by atoms with Gasteiger partial charge in [-0.25, -0.2) is 9.46 Å². The Labute approximate surface area is 247 Å². The van der Waals surface area contributed by atoms with Gasteiger partial charge in [-0.2, -0.15) is 5.26 Å². The second-order valence-corrected chi connectivity index (χ2v) is 14.6. The molecule has 2 bridgehead atoms. The van der Waals surface area contributed by atoms with Gasteiger partial charge in [-0.05, 0) is 53.4 Å². The minimum Gasteiger partial charge on any atom is -0.338 e. The molecule has 0 spiro atoms. The van der Waals surface area contributed by atoms with Crippen molar-refractivity contribution < 1.29 is 13.8 Å². The maximum absolute atomic E-state index is 12.5. The fourth-order valence-electron chi connectivity index (χ4n) is 6.60. The van der Waals surface area contributed by atoms with Crippen LogP contribution in [-0.4, -0.2) is 48.1 Å². The highest BCUT2D eigenvalue weighted by Gasteiger charge is 2.68. The highest BCUT2D eigenvalue weighted by atomic mass is 31.2. The van der Waals surface area contributed by atoms with Crippen molar-refractivity contribution in [1.82, 2.24) is 15.3 Å². The molecule has 0 aromatic heterocycles. The maximum atomic E-state index is 12.5. The van der Waals surface area contributed by atoms with E-state index in [2.05, 4.69) is 56.0 Å². The van der Waals surface area contributed by atoms with E-state index in [-0.39, 0.29) is 17.0 Å². The van der Waals surface area contributed by atoms with Crippen LogP contribution >= 0.6 is 8.53 Å². The van der Waals surface area contributed by atoms with Crippen LogP contribution in [0.5, 0.6) is 0 Å². The van der Waals surface area contributed by atoms with Gasteiger partial charge >= 0.3 is 6.03 Å². The van der Waals surface area contributed by atoms with E-state index in [9.17, 15) is 4.79 Å². The number of carbonyl (C=O) groups is 1. The standard InChI is InChI=1S/C32H61N4O3P/c1-6-7-8-9-10-11-12-13-14-15-16-17-18-19-22-34-30(37)35-32-24-31(25-32,26-32)27-39-40(38-23-20-21-33)36(28(2)3)29(4)5/h28-29H,6-20,22-27H2,1-5H3,(H2,34,35,37). The molecule has 3 rings (SSSR count). The van der Waals surface area contributed by atoms with E-state index in [1.54, 1.807) is 0 Å². The zero-order valence-electron chi connectivity index (χ0n) is 26.6. The normalized spacial score (nSPS) is 22.2. The number of hydrogen-bond acceptors (Lipinski definition) is 5. The topological polar surface area (TPSA) is 86.6 Å². The highest BCUT2D eigenvalue weighted by molar-refractivity contribution is 7.44. The van der Waals surface area contributed by atoms with Crippen LogP contribution < -0.4 is 10.6 Å². The lowest BCUT2D eigenvalue weighted by Gasteiger charge is -2.70. The van der Waals surface area contributed by atoms with Crippen molar-refractivity contribution in [2.75, 3.05) is 19.8 Å². The van der Waals surface area contributed by atoms with Crippen LogP contribution in [0.3, 0.4) is 0 Å². The molecule has 3 aliphatic carbocycles. The first-order valence-electron chi connectivity index (χ1n) is 16.5. The van der Waals surface area contributed by atoms with Crippen LogP contribution in [0.15, 0.2) is 0 Å². The van der Waals surface area contributed by atoms with E-state index >= 15 is 0 Å². The largest absolute Gasteiger partial charge is 0.338 e. The first kappa shape index (κ1) is 35.3. The van der Waals surface area contributed by atoms with Crippen molar-refractivity contribution in [2.45, 2.75) is 168 Å². The van der Waals surface area contributed by atoms with Gasteiger partial charge in [-0.3, -0.25) is 0 Å². The Kier molecular flexibility index (Phi) is 17.0. The van der Waals surface area contributed by atoms with Gasteiger partial charge in [0.1, 0.15) is 0 Å². The van der Waals surface area contributed by atoms with Crippen molar-refractivity contribution in [3.05, 3.63) is 0 Å². The van der Waals surface area contributed by atoms with Crippen molar-refractivity contribution in [1.29, 1.82) is 5.26 Å². The lowest BCUT2D eigenvalue weighted by molar-refractivity contribution is -0.167. The summed E-state index contributed by atoms with van der Waals surface area (Å²) in [6.45, 7) is 12.7. The smallest absolute Gasteiger partial charge is 0.315 e. The molecule has 0 radical (unpaired) electrons. The molecule has 40 heavy (non-hydrogen) atoms. The highest BCUT2D eigenvalue weighted by Crippen LogP contribution is 2.68. The Balaban J connectivity index is 1.48. The maximum Gasteiger partial charge on any atom is 0.315 e. The summed E-state index contributed by atoms with van der Waals surface area (Å²) in [5.74, 6) is 0. The Morgan fingerprint density at radius 3 is 1.82 bits per heavy atom. The Hall–Kier alpha value is -0.930. The molecule has 8 heteroatoms. The molecule has 3 aliphatic rings. The molecular weight excluding hydrogens is 519 g/mol. The monoisotopic (exact) mass is 580 g/mol. The van der Waals surface area contributed by atoms with Gasteiger partial charge in [0, 0.05) is 29.6 Å². The van der Waals surface area contributed by atoms with Gasteiger partial charge < -0.3 is 19.7 Å². The Morgan fingerprint density at radius 2 is 1.35 bits per heavy atom. The van der Waals surface area contributed by atoms with Gasteiger partial charge in [-0.1, -0.05) is 90.4 Å². The van der Waals surface area contributed by atoms with Gasteiger partial charge in [-0.15, -0.1) is 0 Å². The lowest BCUT2D eigenvalue weighted by Crippen LogP contribution is -2.76. The predicted molar refractivity (Wildman–Crippen MR) is 167 cm³/mol. The second kappa shape index (κ2) is 19.3. The molecule has 0 aliphatic heterocycles. The summed E-state index contributed by atoms with van der Waals surface area (Å²) in [6, 6.07) is 2.74. The molecule has 3 fully saturated rings. The number of rotatable bonds is 25. The molecule has 2 amide bonds. The van der Waals surface area contributed by atoms with Gasteiger partial charge in [0.25, 0.3) is 8.53 Å². The number of unbranched alkanes of at least 4 members (excludes halogenated alkanes) is 13. The summed E-state index contributed by atoms with van der Waals surface area (Å²) in [5, 5.41) is 15.2. The molecule has 0 aromatic carbocycles. The van der Waals surface area contributed by atoms with E-state index in [0.717, 1.165) is 32.2 Å². The molecule has 0 saturated heterocycles. The Bertz CT molecular complexity index is 714. The van der Waals surface area contributed by atoms with Crippen LogP contribution in [0.4, 0.5) is 4.79 Å². The molecular formula is C32H61N4O3P. The number of urea groups is 1. The summed E-state index contributed by atoms with van der Waals surface area (Å²) in [7, 11) is -1.20. The van der Waals surface area contributed by atoms with E-state index in [4.69, 9.17) is 14.3 Å². The van der Waals surface area contributed by atoms with Crippen LogP contribution in [0, 0.1) is 16.7 Å². The van der Waals surface area contributed by atoms with E-state index in [1.165, 1.54) is 83.5 Å². The molecule has 0 heterocycles. The Morgan fingerprint density at radius 1 is 0.850 bits per heavy atom. The first-order chi connectivity index (χ1) is 19.3. The quantitative estimate of drug-likeness (QED) is 0.0831. The summed E-state index contributed by atoms with van der Waals surface area (Å²) in [6.07, 6.45) is 22.2. The number of nitrogens with one attached hydrogen (secondary N) is 2. The fraction of sp³-hybridized carbons (Fsp3) is 0.938. The van der Waals surface area contributed by atoms with Crippen LogP contribution in [0.2, 0.25) is 0 Å². The summed E-state index contributed by atoms with van der Waals surface area (Å²) in [5.41, 5.74) is 0.129. The molecule has 3 saturated carbocycles. The average Bonchev–Trinajstić information content (AvgIpc) is 2.86. The first-order valence-corrected chi connectivity index (χ1v) is 17.7. The molecule has 2 N–H and O–H groups in total. The van der Waals surface area contributed by atoms with Crippen LogP contribution in [-0.2, 0) is 9.05 Å². The number of amides is 2. The average molecular weight is 581 g/mol. The number of hydrogen-bond donors (Lipinski definition) is 2. The van der Waals surface area contributed by atoms with E-state index in [0.29, 0.717) is 31.7 Å². The third kappa shape index (κ3) is 12.5. The van der Waals surface area contributed by atoms with Crippen molar-refractivity contribution in [3.8, 4) is 6.07 Å². The molecule has 1 unspecified atom stereocenters.